The minimum atomic E-state index is -0.0674. The van der Waals surface area contributed by atoms with Gasteiger partial charge in [0.15, 0.2) is 0 Å². The van der Waals surface area contributed by atoms with Crippen molar-refractivity contribution >= 4 is 22.4 Å². The molecule has 3 rings (SSSR count). The molecule has 1 fully saturated rings. The highest BCUT2D eigenvalue weighted by Gasteiger charge is 2.18. The summed E-state index contributed by atoms with van der Waals surface area (Å²) in [7, 11) is 0. The molecule has 0 atom stereocenters. The zero-order chi connectivity index (χ0) is 14.8. The topological polar surface area (TPSA) is 32.9 Å². The molecule has 2 aromatic rings. The second-order valence-corrected chi connectivity index (χ2v) is 6.85. The van der Waals surface area contributed by atoms with Gasteiger partial charge in [0.2, 0.25) is 0 Å². The number of aromatic nitrogens is 1. The van der Waals surface area contributed by atoms with Crippen LogP contribution in [0.3, 0.4) is 0 Å². The minimum Gasteiger partial charge on any atom is -0.329 e. The van der Waals surface area contributed by atoms with E-state index in [2.05, 4.69) is 11.9 Å². The average molecular weight is 304 g/mol. The Morgan fingerprint density at radius 1 is 1.14 bits per heavy atom. The summed E-state index contributed by atoms with van der Waals surface area (Å²) in [6, 6.07) is 5.81. The maximum atomic E-state index is 11.8. The lowest BCUT2D eigenvalue weighted by molar-refractivity contribution is 0.278. The molecule has 1 N–H and O–H groups in total. The number of aromatic amines is 1. The highest BCUT2D eigenvalue weighted by Crippen LogP contribution is 2.33. The number of hydrogen-bond acceptors (Lipinski definition) is 1. The van der Waals surface area contributed by atoms with Gasteiger partial charge in [-0.25, -0.2) is 0 Å². The van der Waals surface area contributed by atoms with Crippen LogP contribution >= 0.6 is 11.6 Å². The lowest BCUT2D eigenvalue weighted by Crippen LogP contribution is -2.13. The average Bonchev–Trinajstić information content (AvgIpc) is 2.49. The van der Waals surface area contributed by atoms with E-state index in [0.29, 0.717) is 5.39 Å². The number of aryl methyl sites for hydroxylation is 1. The fraction of sp³-hybridized carbons (Fsp3) is 0.500. The van der Waals surface area contributed by atoms with Crippen molar-refractivity contribution in [3.8, 4) is 0 Å². The third-order valence-corrected chi connectivity index (χ3v) is 5.37. The Balaban J connectivity index is 1.76. The summed E-state index contributed by atoms with van der Waals surface area (Å²) in [6.07, 6.45) is 9.33. The van der Waals surface area contributed by atoms with Gasteiger partial charge in [-0.1, -0.05) is 50.3 Å². The van der Waals surface area contributed by atoms with Gasteiger partial charge in [0.05, 0.1) is 5.02 Å². The molecule has 0 spiro atoms. The molecule has 3 heteroatoms. The summed E-state index contributed by atoms with van der Waals surface area (Å²) >= 11 is 6.50. The van der Waals surface area contributed by atoms with Crippen molar-refractivity contribution in [3.63, 3.8) is 0 Å². The maximum Gasteiger partial charge on any atom is 0.255 e. The monoisotopic (exact) mass is 303 g/mol. The first-order valence-corrected chi connectivity index (χ1v) is 8.31. The Morgan fingerprint density at radius 2 is 1.90 bits per heavy atom. The summed E-state index contributed by atoms with van der Waals surface area (Å²) in [5.74, 6) is 1.74. The SMILES string of the molecule is C[C@H]1CC[C@@H](CCc2ccc3c(=O)[nH]ccc3c2Cl)CC1. The normalized spacial score (nSPS) is 22.6. The molecule has 0 saturated heterocycles. The number of H-pyrrole nitrogens is 1. The highest BCUT2D eigenvalue weighted by molar-refractivity contribution is 6.36. The summed E-state index contributed by atoms with van der Waals surface area (Å²) < 4.78 is 0. The van der Waals surface area contributed by atoms with Gasteiger partial charge in [0, 0.05) is 17.0 Å². The number of halogens is 1. The summed E-state index contributed by atoms with van der Waals surface area (Å²) in [5.41, 5.74) is 1.11. The molecule has 0 unspecified atom stereocenters. The lowest BCUT2D eigenvalue weighted by atomic mass is 9.80. The molecule has 0 aliphatic heterocycles. The van der Waals surface area contributed by atoms with Crippen LogP contribution in [0, 0.1) is 11.8 Å². The van der Waals surface area contributed by atoms with E-state index in [9.17, 15) is 4.79 Å². The molecular weight excluding hydrogens is 282 g/mol. The zero-order valence-corrected chi connectivity index (χ0v) is 13.2. The highest BCUT2D eigenvalue weighted by atomic mass is 35.5. The smallest absolute Gasteiger partial charge is 0.255 e. The minimum absolute atomic E-state index is 0.0674. The number of pyridine rings is 1. The first-order valence-electron chi connectivity index (χ1n) is 7.94. The number of nitrogens with one attached hydrogen (secondary N) is 1. The van der Waals surface area contributed by atoms with Crippen molar-refractivity contribution in [2.75, 3.05) is 0 Å². The van der Waals surface area contributed by atoms with Crippen LogP contribution in [0.25, 0.3) is 10.8 Å². The first kappa shape index (κ1) is 14.6. The van der Waals surface area contributed by atoms with Crippen molar-refractivity contribution in [1.29, 1.82) is 0 Å². The predicted molar refractivity (Wildman–Crippen MR) is 89.0 cm³/mol. The Labute approximate surface area is 130 Å². The molecule has 1 aliphatic carbocycles. The van der Waals surface area contributed by atoms with E-state index < -0.39 is 0 Å². The molecular formula is C18H22ClNO. The summed E-state index contributed by atoms with van der Waals surface area (Å²) in [4.78, 5) is 14.5. The van der Waals surface area contributed by atoms with Crippen LogP contribution in [0.2, 0.25) is 5.02 Å². The molecule has 1 saturated carbocycles. The molecule has 0 radical (unpaired) electrons. The van der Waals surface area contributed by atoms with E-state index in [1.807, 2.05) is 18.2 Å². The van der Waals surface area contributed by atoms with Crippen molar-refractivity contribution in [3.05, 3.63) is 45.3 Å². The number of benzene rings is 1. The van der Waals surface area contributed by atoms with Crippen LogP contribution in [0.15, 0.2) is 29.2 Å². The van der Waals surface area contributed by atoms with Crippen LogP contribution in [-0.4, -0.2) is 4.98 Å². The van der Waals surface area contributed by atoms with E-state index in [1.54, 1.807) is 6.20 Å². The second-order valence-electron chi connectivity index (χ2n) is 6.47. The van der Waals surface area contributed by atoms with Gasteiger partial charge in [-0.3, -0.25) is 4.79 Å². The quantitative estimate of drug-likeness (QED) is 0.856. The van der Waals surface area contributed by atoms with Gasteiger partial charge < -0.3 is 4.98 Å². The molecule has 1 aliphatic rings. The van der Waals surface area contributed by atoms with Gasteiger partial charge >= 0.3 is 0 Å². The third kappa shape index (κ3) is 3.16. The molecule has 0 bridgehead atoms. The largest absolute Gasteiger partial charge is 0.329 e. The van der Waals surface area contributed by atoms with E-state index in [1.165, 1.54) is 37.7 Å². The molecule has 2 nitrogen and oxygen atoms in total. The van der Waals surface area contributed by atoms with Crippen molar-refractivity contribution in [2.45, 2.75) is 45.4 Å². The summed E-state index contributed by atoms with van der Waals surface area (Å²) in [6.45, 7) is 2.36. The molecule has 112 valence electrons. The van der Waals surface area contributed by atoms with Crippen LogP contribution in [0.5, 0.6) is 0 Å². The molecule has 21 heavy (non-hydrogen) atoms. The van der Waals surface area contributed by atoms with Crippen LogP contribution < -0.4 is 5.56 Å². The predicted octanol–water partition coefficient (Wildman–Crippen LogP) is 4.94. The van der Waals surface area contributed by atoms with Gasteiger partial charge in [0.1, 0.15) is 0 Å². The van der Waals surface area contributed by atoms with Gasteiger partial charge in [-0.15, -0.1) is 0 Å². The fourth-order valence-electron chi connectivity index (χ4n) is 3.45. The maximum absolute atomic E-state index is 11.8. The van der Waals surface area contributed by atoms with Gasteiger partial charge in [-0.05, 0) is 42.4 Å². The number of hydrogen-bond donors (Lipinski definition) is 1. The zero-order valence-electron chi connectivity index (χ0n) is 12.5. The molecule has 1 aromatic carbocycles. The van der Waals surface area contributed by atoms with E-state index in [-0.39, 0.29) is 5.56 Å². The Kier molecular flexibility index (Phi) is 4.34. The third-order valence-electron chi connectivity index (χ3n) is 4.93. The van der Waals surface area contributed by atoms with Gasteiger partial charge in [-0.2, -0.15) is 0 Å². The van der Waals surface area contributed by atoms with Crippen molar-refractivity contribution in [2.24, 2.45) is 11.8 Å². The molecule has 1 heterocycles. The van der Waals surface area contributed by atoms with E-state index >= 15 is 0 Å². The molecule has 0 amide bonds. The van der Waals surface area contributed by atoms with Crippen molar-refractivity contribution < 1.29 is 0 Å². The Bertz CT molecular complexity index is 683. The van der Waals surface area contributed by atoms with Crippen LogP contribution in [-0.2, 0) is 6.42 Å². The number of rotatable bonds is 3. The standard InChI is InChI=1S/C18H22ClNO/c1-12-2-4-13(5-3-12)6-7-14-8-9-16-15(17(14)19)10-11-20-18(16)21/h8-13H,2-7H2,1H3,(H,20,21)/t12-,13+. The van der Waals surface area contributed by atoms with Crippen LogP contribution in [0.1, 0.15) is 44.6 Å². The van der Waals surface area contributed by atoms with Gasteiger partial charge in [0.25, 0.3) is 5.56 Å². The first-order chi connectivity index (χ1) is 10.1. The lowest BCUT2D eigenvalue weighted by Gasteiger charge is -2.26. The Morgan fingerprint density at radius 3 is 2.67 bits per heavy atom. The molecule has 1 aromatic heterocycles. The number of fused-ring (bicyclic) bond motifs is 1. The van der Waals surface area contributed by atoms with E-state index in [0.717, 1.165) is 28.7 Å². The van der Waals surface area contributed by atoms with Crippen LogP contribution in [0.4, 0.5) is 0 Å². The fourth-order valence-corrected chi connectivity index (χ4v) is 3.77. The Hall–Kier alpha value is -1.28. The van der Waals surface area contributed by atoms with Crippen molar-refractivity contribution in [1.82, 2.24) is 4.98 Å². The summed E-state index contributed by atoms with van der Waals surface area (Å²) in [5, 5.41) is 2.30. The second kappa shape index (κ2) is 6.23. The van der Waals surface area contributed by atoms with E-state index in [4.69, 9.17) is 11.6 Å².